The van der Waals surface area contributed by atoms with E-state index in [1.165, 1.54) is 0 Å². The molecule has 1 amide bonds. The SMILES string of the molecule is O=C1NC(C(=O)O)CO1. The summed E-state index contributed by atoms with van der Waals surface area (Å²) in [6, 6.07) is -0.863. The topological polar surface area (TPSA) is 75.6 Å². The molecule has 0 saturated carbocycles. The van der Waals surface area contributed by atoms with Crippen molar-refractivity contribution in [2.75, 3.05) is 6.61 Å². The lowest BCUT2D eigenvalue weighted by Gasteiger charge is -1.95. The van der Waals surface area contributed by atoms with E-state index in [9.17, 15) is 9.59 Å². The van der Waals surface area contributed by atoms with Gasteiger partial charge in [0.1, 0.15) is 6.61 Å². The van der Waals surface area contributed by atoms with Crippen molar-refractivity contribution in [2.45, 2.75) is 6.04 Å². The van der Waals surface area contributed by atoms with Gasteiger partial charge in [-0.1, -0.05) is 0 Å². The van der Waals surface area contributed by atoms with Crippen molar-refractivity contribution in [3.8, 4) is 0 Å². The van der Waals surface area contributed by atoms with Gasteiger partial charge in [0.05, 0.1) is 0 Å². The first-order chi connectivity index (χ1) is 4.20. The number of aliphatic carboxylic acids is 1. The summed E-state index contributed by atoms with van der Waals surface area (Å²) in [6.45, 7) is -0.0752. The van der Waals surface area contributed by atoms with Crippen molar-refractivity contribution in [3.05, 3.63) is 0 Å². The van der Waals surface area contributed by atoms with E-state index < -0.39 is 18.1 Å². The number of nitrogens with one attached hydrogen (secondary N) is 1. The molecule has 1 atom stereocenters. The van der Waals surface area contributed by atoms with E-state index in [-0.39, 0.29) is 6.61 Å². The van der Waals surface area contributed by atoms with Crippen molar-refractivity contribution in [1.29, 1.82) is 0 Å². The van der Waals surface area contributed by atoms with Gasteiger partial charge in [-0.25, -0.2) is 9.59 Å². The van der Waals surface area contributed by atoms with Crippen LogP contribution in [0.3, 0.4) is 0 Å². The number of hydrogen-bond donors (Lipinski definition) is 2. The van der Waals surface area contributed by atoms with Crippen molar-refractivity contribution < 1.29 is 19.4 Å². The minimum absolute atomic E-state index is 0.0752. The smallest absolute Gasteiger partial charge is 0.408 e. The second-order valence-electron chi connectivity index (χ2n) is 1.63. The highest BCUT2D eigenvalue weighted by Gasteiger charge is 2.27. The average molecular weight is 131 g/mol. The monoisotopic (exact) mass is 131 g/mol. The molecule has 0 aromatic rings. The van der Waals surface area contributed by atoms with Gasteiger partial charge in [0, 0.05) is 0 Å². The Hall–Kier alpha value is -1.26. The molecule has 1 fully saturated rings. The lowest BCUT2D eigenvalue weighted by molar-refractivity contribution is -0.139. The van der Waals surface area contributed by atoms with Crippen LogP contribution in [0.15, 0.2) is 0 Å². The van der Waals surface area contributed by atoms with Crippen molar-refractivity contribution in [3.63, 3.8) is 0 Å². The van der Waals surface area contributed by atoms with Gasteiger partial charge >= 0.3 is 12.1 Å². The molecule has 1 saturated heterocycles. The van der Waals surface area contributed by atoms with Gasteiger partial charge in [-0.2, -0.15) is 0 Å². The Balaban J connectivity index is 2.48. The van der Waals surface area contributed by atoms with Crippen LogP contribution in [0.2, 0.25) is 0 Å². The highest BCUT2D eigenvalue weighted by atomic mass is 16.6. The summed E-state index contributed by atoms with van der Waals surface area (Å²) in [7, 11) is 0. The fourth-order valence-corrected chi connectivity index (χ4v) is 0.518. The average Bonchev–Trinajstić information content (AvgIpc) is 2.14. The third-order valence-electron chi connectivity index (χ3n) is 0.971. The largest absolute Gasteiger partial charge is 0.480 e. The Morgan fingerprint density at radius 3 is 2.78 bits per heavy atom. The molecule has 0 spiro atoms. The molecule has 1 heterocycles. The van der Waals surface area contributed by atoms with E-state index in [0.29, 0.717) is 0 Å². The van der Waals surface area contributed by atoms with Gasteiger partial charge in [-0.05, 0) is 0 Å². The molecule has 5 nitrogen and oxygen atoms in total. The minimum atomic E-state index is -1.07. The van der Waals surface area contributed by atoms with Crippen LogP contribution in [0, 0.1) is 0 Å². The maximum atomic E-state index is 10.2. The molecule has 1 aliphatic heterocycles. The predicted octanol–water partition coefficient (Wildman–Crippen LogP) is -0.821. The van der Waals surface area contributed by atoms with Gasteiger partial charge < -0.3 is 15.2 Å². The second-order valence-corrected chi connectivity index (χ2v) is 1.63. The van der Waals surface area contributed by atoms with E-state index in [0.717, 1.165) is 0 Å². The number of rotatable bonds is 1. The number of carbonyl (C=O) groups excluding carboxylic acids is 1. The third-order valence-corrected chi connectivity index (χ3v) is 0.971. The quantitative estimate of drug-likeness (QED) is 0.487. The molecule has 9 heavy (non-hydrogen) atoms. The molecule has 1 unspecified atom stereocenters. The number of amides is 1. The highest BCUT2D eigenvalue weighted by molar-refractivity contribution is 5.82. The van der Waals surface area contributed by atoms with E-state index in [1.807, 2.05) is 0 Å². The molecule has 0 aromatic heterocycles. The summed E-state index contributed by atoms with van der Waals surface area (Å²) in [5.41, 5.74) is 0. The zero-order valence-electron chi connectivity index (χ0n) is 4.46. The van der Waals surface area contributed by atoms with Crippen LogP contribution >= 0.6 is 0 Å². The number of carbonyl (C=O) groups is 2. The van der Waals surface area contributed by atoms with Crippen LogP contribution in [-0.4, -0.2) is 29.8 Å². The molecular weight excluding hydrogens is 126 g/mol. The predicted molar refractivity (Wildman–Crippen MR) is 25.9 cm³/mol. The van der Waals surface area contributed by atoms with Crippen LogP contribution in [0.1, 0.15) is 0 Å². The number of alkyl carbamates (subject to hydrolysis) is 1. The maximum absolute atomic E-state index is 10.2. The number of hydrogen-bond acceptors (Lipinski definition) is 3. The first-order valence-corrected chi connectivity index (χ1v) is 2.36. The molecule has 0 radical (unpaired) electrons. The van der Waals surface area contributed by atoms with Gasteiger partial charge in [-0.3, -0.25) is 0 Å². The van der Waals surface area contributed by atoms with Gasteiger partial charge in [0.25, 0.3) is 0 Å². The molecule has 0 bridgehead atoms. The summed E-state index contributed by atoms with van der Waals surface area (Å²) in [5, 5.41) is 10.3. The Kier molecular flexibility index (Phi) is 1.26. The normalized spacial score (nSPS) is 24.9. The van der Waals surface area contributed by atoms with E-state index in [1.54, 1.807) is 0 Å². The molecular formula is C4H5NO4. The van der Waals surface area contributed by atoms with Crippen LogP contribution in [0.5, 0.6) is 0 Å². The summed E-state index contributed by atoms with van der Waals surface area (Å²) >= 11 is 0. The summed E-state index contributed by atoms with van der Waals surface area (Å²) < 4.78 is 4.30. The molecule has 0 aromatic carbocycles. The molecule has 5 heteroatoms. The van der Waals surface area contributed by atoms with Crippen molar-refractivity contribution in [2.24, 2.45) is 0 Å². The van der Waals surface area contributed by atoms with Crippen molar-refractivity contribution in [1.82, 2.24) is 5.32 Å². The van der Waals surface area contributed by atoms with E-state index in [2.05, 4.69) is 10.1 Å². The van der Waals surface area contributed by atoms with Crippen LogP contribution in [0.4, 0.5) is 4.79 Å². The minimum Gasteiger partial charge on any atom is -0.480 e. The Morgan fingerprint density at radius 1 is 1.89 bits per heavy atom. The fourth-order valence-electron chi connectivity index (χ4n) is 0.518. The lowest BCUT2D eigenvalue weighted by Crippen LogP contribution is -2.33. The van der Waals surface area contributed by atoms with Crippen LogP contribution in [-0.2, 0) is 9.53 Å². The van der Waals surface area contributed by atoms with Gasteiger partial charge in [-0.15, -0.1) is 0 Å². The highest BCUT2D eigenvalue weighted by Crippen LogP contribution is 1.95. The number of carboxylic acid groups (broad SMARTS) is 1. The number of carboxylic acids is 1. The number of ether oxygens (including phenoxy) is 1. The zero-order chi connectivity index (χ0) is 6.85. The van der Waals surface area contributed by atoms with Crippen molar-refractivity contribution >= 4 is 12.1 Å². The lowest BCUT2D eigenvalue weighted by atomic mass is 10.3. The van der Waals surface area contributed by atoms with Gasteiger partial charge in [0.2, 0.25) is 0 Å². The molecule has 1 rings (SSSR count). The Labute approximate surface area is 50.6 Å². The second kappa shape index (κ2) is 1.93. The first kappa shape index (κ1) is 5.87. The standard InChI is InChI=1S/C4H5NO4/c6-3(7)2-1-9-4(8)5-2/h2H,1H2,(H,5,8)(H,6,7). The summed E-state index contributed by atoms with van der Waals surface area (Å²) in [6.07, 6.45) is -0.664. The third kappa shape index (κ3) is 1.10. The summed E-state index contributed by atoms with van der Waals surface area (Å²) in [4.78, 5) is 20.2. The molecule has 0 aliphatic carbocycles. The maximum Gasteiger partial charge on any atom is 0.408 e. The molecule has 2 N–H and O–H groups in total. The molecule has 1 aliphatic rings. The first-order valence-electron chi connectivity index (χ1n) is 2.36. The van der Waals surface area contributed by atoms with E-state index >= 15 is 0 Å². The number of cyclic esters (lactones) is 1. The van der Waals surface area contributed by atoms with E-state index in [4.69, 9.17) is 5.11 Å². The molecule has 50 valence electrons. The van der Waals surface area contributed by atoms with Crippen LogP contribution in [0.25, 0.3) is 0 Å². The van der Waals surface area contributed by atoms with Gasteiger partial charge in [0.15, 0.2) is 6.04 Å². The van der Waals surface area contributed by atoms with Crippen LogP contribution < -0.4 is 5.32 Å². The Morgan fingerprint density at radius 2 is 2.56 bits per heavy atom. The zero-order valence-corrected chi connectivity index (χ0v) is 4.46. The fraction of sp³-hybridized carbons (Fsp3) is 0.500. The summed E-state index contributed by atoms with van der Waals surface area (Å²) in [5.74, 6) is -1.07. The Bertz CT molecular complexity index is 155.